The van der Waals surface area contributed by atoms with Crippen molar-refractivity contribution in [3.63, 3.8) is 0 Å². The molecule has 0 N–H and O–H groups in total. The fourth-order valence-electron chi connectivity index (χ4n) is 3.45. The van der Waals surface area contributed by atoms with E-state index in [1.54, 1.807) is 18.7 Å². The fraction of sp³-hybridized carbons (Fsp3) is 0.250. The zero-order valence-electron chi connectivity index (χ0n) is 14.3. The molecule has 1 aliphatic heterocycles. The van der Waals surface area contributed by atoms with E-state index in [9.17, 15) is 9.18 Å². The first-order valence-corrected chi connectivity index (χ1v) is 8.70. The number of nitrogens with zero attached hydrogens (tertiary/aromatic N) is 4. The quantitative estimate of drug-likeness (QED) is 0.726. The third-order valence-corrected chi connectivity index (χ3v) is 4.88. The molecule has 0 spiro atoms. The number of halogens is 1. The second-order valence-corrected chi connectivity index (χ2v) is 6.52. The van der Waals surface area contributed by atoms with Gasteiger partial charge in [0, 0.05) is 24.7 Å². The van der Waals surface area contributed by atoms with E-state index >= 15 is 0 Å². The minimum Gasteiger partial charge on any atom is -0.338 e. The fourth-order valence-corrected chi connectivity index (χ4v) is 3.45. The lowest BCUT2D eigenvalue weighted by Crippen LogP contribution is -2.38. The third kappa shape index (κ3) is 3.35. The van der Waals surface area contributed by atoms with Crippen LogP contribution in [0.5, 0.6) is 0 Å². The number of rotatable bonds is 3. The average Bonchev–Trinajstić information content (AvgIpc) is 3.22. The highest BCUT2D eigenvalue weighted by atomic mass is 19.1. The van der Waals surface area contributed by atoms with E-state index in [-0.39, 0.29) is 11.7 Å². The molecule has 6 heteroatoms. The van der Waals surface area contributed by atoms with Crippen LogP contribution in [-0.4, -0.2) is 38.7 Å². The number of carbonyl (C=O) groups excluding carboxylic acids is 1. The number of likely N-dealkylation sites (tertiary alicyclic amines) is 1. The maximum atomic E-state index is 13.5. The second kappa shape index (κ2) is 7.07. The molecule has 2 aromatic carbocycles. The SMILES string of the molecule is O=C(c1cccc(-c2cccc(F)c2)c1)N1CCC(n2cnnc2)CC1. The zero-order chi connectivity index (χ0) is 17.9. The molecule has 4 rings (SSSR count). The summed E-state index contributed by atoms with van der Waals surface area (Å²) in [7, 11) is 0. The minimum atomic E-state index is -0.282. The van der Waals surface area contributed by atoms with Gasteiger partial charge in [-0.3, -0.25) is 4.79 Å². The van der Waals surface area contributed by atoms with Gasteiger partial charge in [0.2, 0.25) is 0 Å². The third-order valence-electron chi connectivity index (χ3n) is 4.88. The van der Waals surface area contributed by atoms with E-state index in [1.807, 2.05) is 39.8 Å². The molecular weight excluding hydrogens is 331 g/mol. The molecule has 1 aromatic heterocycles. The molecule has 1 saturated heterocycles. The summed E-state index contributed by atoms with van der Waals surface area (Å²) in [5.41, 5.74) is 2.25. The standard InChI is InChI=1S/C20H19FN4O/c21-18-6-2-4-16(12-18)15-3-1-5-17(11-15)20(26)24-9-7-19(8-10-24)25-13-22-23-14-25/h1-6,11-14,19H,7-10H2. The van der Waals surface area contributed by atoms with E-state index in [4.69, 9.17) is 0 Å². The van der Waals surface area contributed by atoms with E-state index in [0.717, 1.165) is 24.0 Å². The Morgan fingerprint density at radius 1 is 0.962 bits per heavy atom. The van der Waals surface area contributed by atoms with Gasteiger partial charge in [0.15, 0.2) is 0 Å². The molecule has 0 unspecified atom stereocenters. The highest BCUT2D eigenvalue weighted by molar-refractivity contribution is 5.95. The molecule has 26 heavy (non-hydrogen) atoms. The van der Waals surface area contributed by atoms with Crippen molar-refractivity contribution in [2.75, 3.05) is 13.1 Å². The van der Waals surface area contributed by atoms with Gasteiger partial charge in [0.25, 0.3) is 5.91 Å². The Bertz CT molecular complexity index is 902. The van der Waals surface area contributed by atoms with E-state index < -0.39 is 0 Å². The van der Waals surface area contributed by atoms with Crippen LogP contribution in [0.15, 0.2) is 61.2 Å². The molecule has 5 nitrogen and oxygen atoms in total. The molecule has 2 heterocycles. The molecule has 132 valence electrons. The van der Waals surface area contributed by atoms with Crippen LogP contribution in [0.1, 0.15) is 29.2 Å². The summed E-state index contributed by atoms with van der Waals surface area (Å²) in [4.78, 5) is 14.7. The molecule has 0 atom stereocenters. The van der Waals surface area contributed by atoms with Gasteiger partial charge in [-0.15, -0.1) is 10.2 Å². The van der Waals surface area contributed by atoms with Crippen molar-refractivity contribution in [2.24, 2.45) is 0 Å². The van der Waals surface area contributed by atoms with Gasteiger partial charge in [0.05, 0.1) is 0 Å². The molecule has 0 bridgehead atoms. The Morgan fingerprint density at radius 2 is 1.62 bits per heavy atom. The second-order valence-electron chi connectivity index (χ2n) is 6.52. The van der Waals surface area contributed by atoms with Crippen molar-refractivity contribution in [1.82, 2.24) is 19.7 Å². The van der Waals surface area contributed by atoms with Gasteiger partial charge in [-0.05, 0) is 48.2 Å². The first-order chi connectivity index (χ1) is 12.7. The number of hydrogen-bond acceptors (Lipinski definition) is 3. The van der Waals surface area contributed by atoms with Crippen LogP contribution < -0.4 is 0 Å². The molecule has 1 aliphatic rings. The smallest absolute Gasteiger partial charge is 0.253 e. The number of benzene rings is 2. The van der Waals surface area contributed by atoms with Crippen molar-refractivity contribution in [1.29, 1.82) is 0 Å². The molecule has 0 radical (unpaired) electrons. The van der Waals surface area contributed by atoms with Crippen molar-refractivity contribution < 1.29 is 9.18 Å². The topological polar surface area (TPSA) is 51.0 Å². The van der Waals surface area contributed by atoms with Crippen LogP contribution in [0.3, 0.4) is 0 Å². The van der Waals surface area contributed by atoms with Crippen molar-refractivity contribution in [3.05, 3.63) is 72.6 Å². The lowest BCUT2D eigenvalue weighted by molar-refractivity contribution is 0.0694. The van der Waals surface area contributed by atoms with E-state index in [0.29, 0.717) is 24.7 Å². The molecule has 0 aliphatic carbocycles. The average molecular weight is 350 g/mol. The van der Waals surface area contributed by atoms with E-state index in [2.05, 4.69) is 10.2 Å². The largest absolute Gasteiger partial charge is 0.338 e. The van der Waals surface area contributed by atoms with Gasteiger partial charge >= 0.3 is 0 Å². The van der Waals surface area contributed by atoms with Gasteiger partial charge in [0.1, 0.15) is 18.5 Å². The summed E-state index contributed by atoms with van der Waals surface area (Å²) in [6.45, 7) is 1.40. The Labute approximate surface area is 151 Å². The minimum absolute atomic E-state index is 0.0189. The summed E-state index contributed by atoms with van der Waals surface area (Å²) >= 11 is 0. The Kier molecular flexibility index (Phi) is 4.48. The number of aromatic nitrogens is 3. The molecule has 1 fully saturated rings. The predicted octanol–water partition coefficient (Wildman–Crippen LogP) is 3.56. The number of carbonyl (C=O) groups is 1. The normalized spacial score (nSPS) is 15.2. The van der Waals surface area contributed by atoms with Crippen LogP contribution in [0.2, 0.25) is 0 Å². The molecular formula is C20H19FN4O. The molecule has 0 saturated carbocycles. The predicted molar refractivity (Wildman–Crippen MR) is 96.0 cm³/mol. The maximum Gasteiger partial charge on any atom is 0.253 e. The Balaban J connectivity index is 1.48. The summed E-state index contributed by atoms with van der Waals surface area (Å²) in [5.74, 6) is -0.263. The summed E-state index contributed by atoms with van der Waals surface area (Å²) in [5, 5.41) is 7.70. The Hall–Kier alpha value is -3.02. The van der Waals surface area contributed by atoms with Crippen LogP contribution in [0.4, 0.5) is 4.39 Å². The first-order valence-electron chi connectivity index (χ1n) is 8.70. The van der Waals surface area contributed by atoms with Gasteiger partial charge in [-0.1, -0.05) is 24.3 Å². The summed E-state index contributed by atoms with van der Waals surface area (Å²) in [6, 6.07) is 14.1. The first kappa shape index (κ1) is 16.4. The molecule has 1 amide bonds. The summed E-state index contributed by atoms with van der Waals surface area (Å²) in [6.07, 6.45) is 5.22. The van der Waals surface area contributed by atoms with Crippen LogP contribution in [0.25, 0.3) is 11.1 Å². The number of piperidine rings is 1. The lowest BCUT2D eigenvalue weighted by Gasteiger charge is -2.32. The number of hydrogen-bond donors (Lipinski definition) is 0. The monoisotopic (exact) mass is 350 g/mol. The number of amides is 1. The highest BCUT2D eigenvalue weighted by Gasteiger charge is 2.24. The van der Waals surface area contributed by atoms with Crippen LogP contribution in [-0.2, 0) is 0 Å². The van der Waals surface area contributed by atoms with Crippen molar-refractivity contribution in [3.8, 4) is 11.1 Å². The lowest BCUT2D eigenvalue weighted by atomic mass is 10.0. The van der Waals surface area contributed by atoms with Crippen molar-refractivity contribution >= 4 is 5.91 Å². The van der Waals surface area contributed by atoms with Crippen LogP contribution in [0, 0.1) is 5.82 Å². The maximum absolute atomic E-state index is 13.5. The zero-order valence-corrected chi connectivity index (χ0v) is 14.3. The van der Waals surface area contributed by atoms with E-state index in [1.165, 1.54) is 12.1 Å². The van der Waals surface area contributed by atoms with Crippen LogP contribution >= 0.6 is 0 Å². The molecule has 3 aromatic rings. The van der Waals surface area contributed by atoms with Gasteiger partial charge in [-0.25, -0.2) is 4.39 Å². The van der Waals surface area contributed by atoms with Crippen molar-refractivity contribution in [2.45, 2.75) is 18.9 Å². The highest BCUT2D eigenvalue weighted by Crippen LogP contribution is 2.25. The Morgan fingerprint density at radius 3 is 2.31 bits per heavy atom. The van der Waals surface area contributed by atoms with Gasteiger partial charge in [-0.2, -0.15) is 0 Å². The summed E-state index contributed by atoms with van der Waals surface area (Å²) < 4.78 is 15.5. The van der Waals surface area contributed by atoms with Gasteiger partial charge < -0.3 is 9.47 Å².